The van der Waals surface area contributed by atoms with E-state index >= 15 is 0 Å². The molecule has 1 aromatic rings. The number of nitrogens with two attached hydrogens (primary N) is 1. The average Bonchev–Trinajstić information content (AvgIpc) is 3.23. The van der Waals surface area contributed by atoms with Gasteiger partial charge in [-0.3, -0.25) is 4.79 Å². The Morgan fingerprint density at radius 3 is 2.65 bits per heavy atom. The standard InChI is InChI=1S/C14H18Cl2N2OS/c1-2-18-14(13(17)19,9-3-4-9)8-20-10-5-6-11(15)12(16)7-10/h5-7,9,18H,2-4,8H2,1H3,(H2,17,19). The number of hydrogen-bond acceptors (Lipinski definition) is 3. The van der Waals surface area contributed by atoms with Crippen molar-refractivity contribution in [3.05, 3.63) is 28.2 Å². The molecule has 0 bridgehead atoms. The molecule has 110 valence electrons. The highest BCUT2D eigenvalue weighted by molar-refractivity contribution is 7.99. The number of rotatable bonds is 7. The Labute approximate surface area is 133 Å². The third-order valence-electron chi connectivity index (χ3n) is 3.56. The number of carbonyl (C=O) groups excluding carboxylic acids is 1. The van der Waals surface area contributed by atoms with Crippen molar-refractivity contribution in [2.75, 3.05) is 12.3 Å². The lowest BCUT2D eigenvalue weighted by molar-refractivity contribution is -0.124. The highest BCUT2D eigenvalue weighted by atomic mass is 35.5. The van der Waals surface area contributed by atoms with E-state index in [1.54, 1.807) is 17.8 Å². The lowest BCUT2D eigenvalue weighted by Gasteiger charge is -2.31. The van der Waals surface area contributed by atoms with Gasteiger partial charge in [-0.15, -0.1) is 11.8 Å². The number of halogens is 2. The van der Waals surface area contributed by atoms with Gasteiger partial charge in [0.1, 0.15) is 5.54 Å². The van der Waals surface area contributed by atoms with E-state index in [0.717, 1.165) is 24.3 Å². The quantitative estimate of drug-likeness (QED) is 0.753. The monoisotopic (exact) mass is 332 g/mol. The third kappa shape index (κ3) is 3.42. The van der Waals surface area contributed by atoms with Gasteiger partial charge in [-0.25, -0.2) is 0 Å². The van der Waals surface area contributed by atoms with Crippen molar-refractivity contribution >= 4 is 40.9 Å². The number of primary amides is 1. The van der Waals surface area contributed by atoms with Gasteiger partial charge in [-0.2, -0.15) is 0 Å². The second-order valence-corrected chi connectivity index (χ2v) is 6.87. The maximum absolute atomic E-state index is 11.9. The second-order valence-electron chi connectivity index (χ2n) is 5.00. The highest BCUT2D eigenvalue weighted by Gasteiger charge is 2.49. The molecule has 0 spiro atoms. The highest BCUT2D eigenvalue weighted by Crippen LogP contribution is 2.42. The molecule has 3 nitrogen and oxygen atoms in total. The Morgan fingerprint density at radius 1 is 1.45 bits per heavy atom. The first-order valence-corrected chi connectivity index (χ1v) is 8.36. The fourth-order valence-corrected chi connectivity index (χ4v) is 3.93. The predicted molar refractivity (Wildman–Crippen MR) is 85.5 cm³/mol. The molecule has 1 fully saturated rings. The number of benzene rings is 1. The minimum absolute atomic E-state index is 0.269. The van der Waals surface area contributed by atoms with E-state index in [4.69, 9.17) is 28.9 Å². The van der Waals surface area contributed by atoms with Crippen LogP contribution in [-0.2, 0) is 4.79 Å². The summed E-state index contributed by atoms with van der Waals surface area (Å²) in [7, 11) is 0. The van der Waals surface area contributed by atoms with Gasteiger partial charge < -0.3 is 11.1 Å². The van der Waals surface area contributed by atoms with Crippen molar-refractivity contribution in [2.45, 2.75) is 30.2 Å². The summed E-state index contributed by atoms with van der Waals surface area (Å²) in [6.45, 7) is 2.71. The van der Waals surface area contributed by atoms with Crippen molar-refractivity contribution in [3.63, 3.8) is 0 Å². The van der Waals surface area contributed by atoms with Gasteiger partial charge in [-0.1, -0.05) is 30.1 Å². The summed E-state index contributed by atoms with van der Waals surface area (Å²) in [6.07, 6.45) is 2.11. The van der Waals surface area contributed by atoms with Gasteiger partial charge in [-0.05, 0) is 43.5 Å². The van der Waals surface area contributed by atoms with Gasteiger partial charge in [0.25, 0.3) is 0 Å². The second kappa shape index (κ2) is 6.56. The largest absolute Gasteiger partial charge is 0.368 e. The van der Waals surface area contributed by atoms with Gasteiger partial charge in [0.05, 0.1) is 10.0 Å². The Bertz CT molecular complexity index is 508. The van der Waals surface area contributed by atoms with E-state index in [2.05, 4.69) is 5.32 Å². The van der Waals surface area contributed by atoms with Crippen LogP contribution in [0.15, 0.2) is 23.1 Å². The Hall–Kier alpha value is -0.420. The topological polar surface area (TPSA) is 55.1 Å². The number of carbonyl (C=O) groups is 1. The molecule has 2 rings (SSSR count). The van der Waals surface area contributed by atoms with Crippen molar-refractivity contribution in [3.8, 4) is 0 Å². The first-order chi connectivity index (χ1) is 9.49. The van der Waals surface area contributed by atoms with Crippen LogP contribution >= 0.6 is 35.0 Å². The van der Waals surface area contributed by atoms with Crippen LogP contribution < -0.4 is 11.1 Å². The molecule has 1 unspecified atom stereocenters. The molecular weight excluding hydrogens is 315 g/mol. The molecule has 0 aliphatic heterocycles. The van der Waals surface area contributed by atoms with Gasteiger partial charge >= 0.3 is 0 Å². The number of hydrogen-bond donors (Lipinski definition) is 2. The lowest BCUT2D eigenvalue weighted by atomic mass is 9.94. The zero-order chi connectivity index (χ0) is 14.8. The van der Waals surface area contributed by atoms with E-state index in [9.17, 15) is 4.79 Å². The molecule has 0 aromatic heterocycles. The molecular formula is C14H18Cl2N2OS. The van der Waals surface area contributed by atoms with Crippen molar-refractivity contribution < 1.29 is 4.79 Å². The number of thioether (sulfide) groups is 1. The summed E-state index contributed by atoms with van der Waals surface area (Å²) in [5, 5.41) is 4.36. The number of amides is 1. The van der Waals surface area contributed by atoms with Gasteiger partial charge in [0, 0.05) is 10.6 Å². The molecule has 20 heavy (non-hydrogen) atoms. The van der Waals surface area contributed by atoms with E-state index in [1.165, 1.54) is 0 Å². The molecule has 0 saturated heterocycles. The summed E-state index contributed by atoms with van der Waals surface area (Å²) in [6, 6.07) is 5.49. The van der Waals surface area contributed by atoms with Gasteiger partial charge in [0.2, 0.25) is 5.91 Å². The number of nitrogens with one attached hydrogen (secondary N) is 1. The van der Waals surface area contributed by atoms with Crippen LogP contribution in [0.25, 0.3) is 0 Å². The zero-order valence-corrected chi connectivity index (χ0v) is 13.6. The Kier molecular flexibility index (Phi) is 5.24. The average molecular weight is 333 g/mol. The zero-order valence-electron chi connectivity index (χ0n) is 11.3. The van der Waals surface area contributed by atoms with Crippen molar-refractivity contribution in [1.29, 1.82) is 0 Å². The van der Waals surface area contributed by atoms with Crippen molar-refractivity contribution in [1.82, 2.24) is 5.32 Å². The maximum Gasteiger partial charge on any atom is 0.238 e. The van der Waals surface area contributed by atoms with E-state index < -0.39 is 5.54 Å². The molecule has 1 amide bonds. The number of likely N-dealkylation sites (N-methyl/N-ethyl adjacent to an activating group) is 1. The van der Waals surface area contributed by atoms with Crippen LogP contribution in [0.5, 0.6) is 0 Å². The first-order valence-electron chi connectivity index (χ1n) is 6.62. The van der Waals surface area contributed by atoms with Crippen LogP contribution in [0.1, 0.15) is 19.8 Å². The molecule has 1 saturated carbocycles. The normalized spacial score (nSPS) is 17.8. The summed E-state index contributed by atoms with van der Waals surface area (Å²) < 4.78 is 0. The molecule has 1 aliphatic carbocycles. The first kappa shape index (κ1) is 16.0. The Balaban J connectivity index is 2.11. The van der Waals surface area contributed by atoms with Gasteiger partial charge in [0.15, 0.2) is 0 Å². The van der Waals surface area contributed by atoms with Crippen LogP contribution in [0.2, 0.25) is 10.0 Å². The van der Waals surface area contributed by atoms with E-state index in [1.807, 2.05) is 19.1 Å². The fraction of sp³-hybridized carbons (Fsp3) is 0.500. The smallest absolute Gasteiger partial charge is 0.238 e. The Morgan fingerprint density at radius 2 is 2.15 bits per heavy atom. The molecule has 1 atom stereocenters. The molecule has 0 radical (unpaired) electrons. The van der Waals surface area contributed by atoms with Crippen LogP contribution in [0, 0.1) is 5.92 Å². The maximum atomic E-state index is 11.9. The predicted octanol–water partition coefficient (Wildman–Crippen LogP) is 3.33. The third-order valence-corrected chi connectivity index (χ3v) is 5.49. The fourth-order valence-electron chi connectivity index (χ4n) is 2.33. The SMILES string of the molecule is CCNC(CSc1ccc(Cl)c(Cl)c1)(C(N)=O)C1CC1. The van der Waals surface area contributed by atoms with E-state index in [0.29, 0.717) is 21.7 Å². The van der Waals surface area contributed by atoms with Crippen molar-refractivity contribution in [2.24, 2.45) is 11.7 Å². The van der Waals surface area contributed by atoms with Crippen LogP contribution in [0.4, 0.5) is 0 Å². The van der Waals surface area contributed by atoms with Crippen LogP contribution in [-0.4, -0.2) is 23.7 Å². The molecule has 1 aromatic carbocycles. The summed E-state index contributed by atoms with van der Waals surface area (Å²) in [5.41, 5.74) is 5.04. The molecule has 0 heterocycles. The van der Waals surface area contributed by atoms with E-state index in [-0.39, 0.29) is 5.91 Å². The summed E-state index contributed by atoms with van der Waals surface area (Å²) >= 11 is 13.5. The molecule has 1 aliphatic rings. The summed E-state index contributed by atoms with van der Waals surface area (Å²) in [5.74, 6) is 0.684. The molecule has 6 heteroatoms. The van der Waals surface area contributed by atoms with Crippen LogP contribution in [0.3, 0.4) is 0 Å². The minimum Gasteiger partial charge on any atom is -0.368 e. The lowest BCUT2D eigenvalue weighted by Crippen LogP contribution is -2.59. The molecule has 3 N–H and O–H groups in total. The minimum atomic E-state index is -0.620. The summed E-state index contributed by atoms with van der Waals surface area (Å²) in [4.78, 5) is 12.9.